The summed E-state index contributed by atoms with van der Waals surface area (Å²) >= 11 is 0. The summed E-state index contributed by atoms with van der Waals surface area (Å²) in [7, 11) is 1.33. The first-order valence-corrected chi connectivity index (χ1v) is 17.5. The average Bonchev–Trinajstić information content (AvgIpc) is 3.18. The molecule has 10 atom stereocenters. The van der Waals surface area contributed by atoms with Crippen LogP contribution in [0.3, 0.4) is 0 Å². The number of hydrogen-bond acceptors (Lipinski definition) is 15. The number of alkyl carbamates (subject to hydrolysis) is 1. The van der Waals surface area contributed by atoms with Crippen LogP contribution >= 0.6 is 0 Å². The third-order valence-corrected chi connectivity index (χ3v) is 8.74. The van der Waals surface area contributed by atoms with Gasteiger partial charge in [-0.2, -0.15) is 0 Å². The lowest BCUT2D eigenvalue weighted by molar-refractivity contribution is -0.370. The Morgan fingerprint density at radius 2 is 1.24 bits per heavy atom. The Morgan fingerprint density at radius 3 is 1.75 bits per heavy atom. The maximum atomic E-state index is 13.3. The van der Waals surface area contributed by atoms with Crippen LogP contribution in [0.15, 0.2) is 91.0 Å². The summed E-state index contributed by atoms with van der Waals surface area (Å²) in [4.78, 5) is 50.2. The number of methoxy groups -OCH3 is 1. The van der Waals surface area contributed by atoms with E-state index in [9.17, 15) is 29.4 Å². The number of carbonyl (C=O) groups excluding carboxylic acids is 4. The standard InChI is InChI=1S/C39H45NO15/c1-23(41)48-22-28-31(54-38-35(52-24(2)42)33(30(43)34(55-38)36(44)45)50-20-26-15-9-5-10-16-26)32(49-19-25-13-7-4-8-14-25)29(37(47-3)53-28)40-39(46)51-21-27-17-11-6-12-18-27/h4-18,28-35,37-38,43H,19-22H2,1-3H3,(H,40,46)(H,44,45)/p-1/t28-,29-,30+,31-,32-,33+,34-,35-,37+,38-/m1/s1. The van der Waals surface area contributed by atoms with Gasteiger partial charge in [-0.05, 0) is 16.7 Å². The number of benzene rings is 3. The van der Waals surface area contributed by atoms with E-state index in [1.807, 2.05) is 12.1 Å². The Morgan fingerprint density at radius 1 is 0.691 bits per heavy atom. The Balaban J connectivity index is 1.51. The molecule has 296 valence electrons. The molecule has 2 N–H and O–H groups in total. The first kappa shape index (κ1) is 41.2. The third kappa shape index (κ3) is 11.5. The van der Waals surface area contributed by atoms with Gasteiger partial charge in [-0.15, -0.1) is 0 Å². The smallest absolute Gasteiger partial charge is 0.407 e. The van der Waals surface area contributed by atoms with E-state index in [1.54, 1.807) is 78.9 Å². The number of nitrogens with one attached hydrogen (secondary N) is 1. The highest BCUT2D eigenvalue weighted by molar-refractivity contribution is 5.71. The van der Waals surface area contributed by atoms with Crippen molar-refractivity contribution in [2.45, 2.75) is 95.0 Å². The van der Waals surface area contributed by atoms with E-state index in [1.165, 1.54) is 14.0 Å². The number of ether oxygens (including phenoxy) is 9. The van der Waals surface area contributed by atoms with E-state index in [-0.39, 0.29) is 19.8 Å². The summed E-state index contributed by atoms with van der Waals surface area (Å²) in [6.45, 7) is 1.63. The Labute approximate surface area is 317 Å². The quantitative estimate of drug-likeness (QED) is 0.157. The zero-order chi connectivity index (χ0) is 39.3. The van der Waals surface area contributed by atoms with E-state index in [4.69, 9.17) is 42.6 Å². The van der Waals surface area contributed by atoms with Crippen LogP contribution in [-0.4, -0.2) is 104 Å². The van der Waals surface area contributed by atoms with Gasteiger partial charge in [0.15, 0.2) is 18.7 Å². The van der Waals surface area contributed by atoms with Gasteiger partial charge in [-0.3, -0.25) is 9.59 Å². The van der Waals surface area contributed by atoms with Crippen molar-refractivity contribution in [1.29, 1.82) is 0 Å². The second kappa shape index (κ2) is 20.1. The second-order valence-corrected chi connectivity index (χ2v) is 12.7. The van der Waals surface area contributed by atoms with Crippen molar-refractivity contribution in [3.05, 3.63) is 108 Å². The van der Waals surface area contributed by atoms with E-state index in [0.717, 1.165) is 18.1 Å². The number of hydrogen-bond donors (Lipinski definition) is 2. The van der Waals surface area contributed by atoms with E-state index < -0.39 is 92.0 Å². The van der Waals surface area contributed by atoms with Crippen molar-refractivity contribution in [1.82, 2.24) is 5.32 Å². The number of rotatable bonds is 16. The summed E-state index contributed by atoms with van der Waals surface area (Å²) < 4.78 is 52.9. The first-order chi connectivity index (χ1) is 26.5. The molecule has 55 heavy (non-hydrogen) atoms. The minimum Gasteiger partial charge on any atom is -0.547 e. The van der Waals surface area contributed by atoms with Crippen LogP contribution in [0.1, 0.15) is 30.5 Å². The molecule has 0 aromatic heterocycles. The summed E-state index contributed by atoms with van der Waals surface area (Å²) in [5, 5.41) is 26.3. The number of aliphatic hydroxyl groups is 1. The lowest BCUT2D eigenvalue weighted by atomic mass is 9.95. The van der Waals surface area contributed by atoms with Gasteiger partial charge >= 0.3 is 18.0 Å². The molecule has 5 rings (SSSR count). The molecular formula is C39H44NO15-. The normalized spacial score (nSPS) is 27.7. The zero-order valence-corrected chi connectivity index (χ0v) is 30.4. The number of carbonyl (C=O) groups is 4. The molecule has 16 nitrogen and oxygen atoms in total. The predicted octanol–water partition coefficient (Wildman–Crippen LogP) is 1.54. The van der Waals surface area contributed by atoms with Gasteiger partial charge in [0.1, 0.15) is 55.9 Å². The summed E-state index contributed by atoms with van der Waals surface area (Å²) in [5.41, 5.74) is 2.12. The molecule has 16 heteroatoms. The molecule has 2 heterocycles. The molecule has 0 saturated carbocycles. The second-order valence-electron chi connectivity index (χ2n) is 12.7. The maximum absolute atomic E-state index is 13.3. The Kier molecular flexibility index (Phi) is 15.1. The van der Waals surface area contributed by atoms with Crippen molar-refractivity contribution in [2.75, 3.05) is 13.7 Å². The monoisotopic (exact) mass is 766 g/mol. The number of amides is 1. The minimum atomic E-state index is -2.02. The number of carboxylic acid groups (broad SMARTS) is 1. The molecule has 0 aliphatic carbocycles. The van der Waals surface area contributed by atoms with Crippen molar-refractivity contribution in [3.8, 4) is 0 Å². The van der Waals surface area contributed by atoms with Crippen LogP contribution in [-0.2, 0) is 76.8 Å². The van der Waals surface area contributed by atoms with E-state index in [2.05, 4.69) is 5.32 Å². The van der Waals surface area contributed by atoms with Gasteiger partial charge in [-0.25, -0.2) is 4.79 Å². The number of esters is 2. The van der Waals surface area contributed by atoms with Crippen LogP contribution in [0.25, 0.3) is 0 Å². The predicted molar refractivity (Wildman–Crippen MR) is 186 cm³/mol. The molecule has 2 aliphatic rings. The minimum absolute atomic E-state index is 0.0403. The molecule has 0 radical (unpaired) electrons. The number of aliphatic carboxylic acids is 1. The topological polar surface area (TPSA) is 207 Å². The van der Waals surface area contributed by atoms with Crippen molar-refractivity contribution < 1.29 is 72.0 Å². The van der Waals surface area contributed by atoms with Crippen molar-refractivity contribution in [2.24, 2.45) is 0 Å². The highest BCUT2D eigenvalue weighted by Crippen LogP contribution is 2.34. The van der Waals surface area contributed by atoms with Crippen LogP contribution in [0, 0.1) is 0 Å². The van der Waals surface area contributed by atoms with Crippen molar-refractivity contribution >= 4 is 24.0 Å². The highest BCUT2D eigenvalue weighted by Gasteiger charge is 2.55. The molecule has 1 amide bonds. The van der Waals surface area contributed by atoms with Gasteiger partial charge in [0.2, 0.25) is 0 Å². The number of aliphatic hydroxyl groups excluding tert-OH is 1. The molecule has 0 bridgehead atoms. The van der Waals surface area contributed by atoms with E-state index in [0.29, 0.717) is 5.56 Å². The van der Waals surface area contributed by atoms with Crippen LogP contribution in [0.2, 0.25) is 0 Å². The lowest BCUT2D eigenvalue weighted by Crippen LogP contribution is -2.69. The van der Waals surface area contributed by atoms with Gasteiger partial charge in [-0.1, -0.05) is 91.0 Å². The summed E-state index contributed by atoms with van der Waals surface area (Å²) in [6, 6.07) is 25.6. The highest BCUT2D eigenvalue weighted by atomic mass is 16.8. The van der Waals surface area contributed by atoms with E-state index >= 15 is 0 Å². The molecular weight excluding hydrogens is 722 g/mol. The van der Waals surface area contributed by atoms with Gasteiger partial charge in [0.25, 0.3) is 0 Å². The molecule has 3 aromatic rings. The largest absolute Gasteiger partial charge is 0.547 e. The van der Waals surface area contributed by atoms with Crippen molar-refractivity contribution in [3.63, 3.8) is 0 Å². The molecule has 0 spiro atoms. The summed E-state index contributed by atoms with van der Waals surface area (Å²) in [5.74, 6) is -3.30. The molecule has 2 aliphatic heterocycles. The fraction of sp³-hybridized carbons (Fsp3) is 0.436. The van der Waals surface area contributed by atoms with Gasteiger partial charge < -0.3 is 63.0 Å². The fourth-order valence-corrected chi connectivity index (χ4v) is 6.18. The Bertz CT molecular complexity index is 1680. The zero-order valence-electron chi connectivity index (χ0n) is 30.4. The average molecular weight is 767 g/mol. The molecule has 0 unspecified atom stereocenters. The fourth-order valence-electron chi connectivity index (χ4n) is 6.18. The summed E-state index contributed by atoms with van der Waals surface area (Å²) in [6.07, 6.45) is -14.7. The van der Waals surface area contributed by atoms with Crippen LogP contribution < -0.4 is 10.4 Å². The van der Waals surface area contributed by atoms with Gasteiger partial charge in [0, 0.05) is 21.0 Å². The maximum Gasteiger partial charge on any atom is 0.407 e. The van der Waals surface area contributed by atoms with Crippen LogP contribution in [0.5, 0.6) is 0 Å². The van der Waals surface area contributed by atoms with Crippen LogP contribution in [0.4, 0.5) is 4.79 Å². The molecule has 2 fully saturated rings. The SMILES string of the molecule is CO[C@H]1O[C@H](COC(C)=O)[C@@H](O[C@@H]2O[C@@H](C(=O)[O-])[C@@H](O)[C@H](OCc3ccccc3)[C@H]2OC(C)=O)[C@H](OCc2ccccc2)[C@H]1NC(=O)OCc1ccccc1. The Hall–Kier alpha value is -4.94. The number of carboxylic acids is 1. The lowest BCUT2D eigenvalue weighted by Gasteiger charge is -2.49. The first-order valence-electron chi connectivity index (χ1n) is 17.5. The third-order valence-electron chi connectivity index (χ3n) is 8.74. The molecule has 2 saturated heterocycles. The van der Waals surface area contributed by atoms with Gasteiger partial charge in [0.05, 0.1) is 19.2 Å². The molecule has 3 aromatic carbocycles.